The number of nitrogens with zero attached hydrogens (tertiary/aromatic N) is 2. The molecule has 164 valence electrons. The van der Waals surface area contributed by atoms with Crippen molar-refractivity contribution >= 4 is 26.9 Å². The van der Waals surface area contributed by atoms with E-state index in [0.717, 1.165) is 6.26 Å². The van der Waals surface area contributed by atoms with Crippen molar-refractivity contribution in [3.8, 4) is 22.5 Å². The predicted molar refractivity (Wildman–Crippen MR) is 119 cm³/mol. The molecule has 4 aromatic rings. The lowest BCUT2D eigenvalue weighted by atomic mass is 10.1. The third kappa shape index (κ3) is 4.33. The van der Waals surface area contributed by atoms with Gasteiger partial charge in [-0.3, -0.25) is 14.6 Å². The van der Waals surface area contributed by atoms with Crippen molar-refractivity contribution in [3.05, 3.63) is 71.3 Å². The van der Waals surface area contributed by atoms with E-state index in [-0.39, 0.29) is 23.6 Å². The second-order valence-corrected chi connectivity index (χ2v) is 9.19. The number of benzene rings is 1. The molecule has 0 unspecified atom stereocenters. The highest BCUT2D eigenvalue weighted by Gasteiger charge is 2.15. The highest BCUT2D eigenvalue weighted by molar-refractivity contribution is 7.90. The van der Waals surface area contributed by atoms with Crippen molar-refractivity contribution in [1.82, 2.24) is 9.55 Å². The van der Waals surface area contributed by atoms with E-state index in [1.807, 2.05) is 0 Å². The van der Waals surface area contributed by atoms with Gasteiger partial charge in [0, 0.05) is 41.9 Å². The largest absolute Gasteiger partial charge is 0.465 e. The molecule has 4 rings (SSSR count). The van der Waals surface area contributed by atoms with Gasteiger partial charge in [0.05, 0.1) is 11.5 Å². The van der Waals surface area contributed by atoms with Crippen molar-refractivity contribution in [3.63, 3.8) is 0 Å². The quantitative estimate of drug-likeness (QED) is 0.413. The molecule has 0 fully saturated rings. The standard InChI is InChI=1S/C23H20N2O6S/c1-3-30-22(27)14-25-13-16(7-8-21(25)26)20-12-19-23(31-20)18(9-10-24-19)15-5-4-6-17(11-15)32(2,28)29/h4-13H,3,14H2,1-2H3. The lowest BCUT2D eigenvalue weighted by Gasteiger charge is -2.07. The Balaban J connectivity index is 1.78. The molecule has 0 aliphatic rings. The van der Waals surface area contributed by atoms with Crippen molar-refractivity contribution in [2.45, 2.75) is 18.4 Å². The molecular weight excluding hydrogens is 432 g/mol. The molecule has 0 bridgehead atoms. The van der Waals surface area contributed by atoms with Gasteiger partial charge in [0.1, 0.15) is 17.8 Å². The van der Waals surface area contributed by atoms with Gasteiger partial charge < -0.3 is 13.7 Å². The van der Waals surface area contributed by atoms with Crippen LogP contribution in [0.4, 0.5) is 0 Å². The molecule has 32 heavy (non-hydrogen) atoms. The Bertz CT molecular complexity index is 1480. The van der Waals surface area contributed by atoms with Crippen LogP contribution in [0.25, 0.3) is 33.6 Å². The summed E-state index contributed by atoms with van der Waals surface area (Å²) in [6, 6.07) is 13.0. The zero-order valence-corrected chi connectivity index (χ0v) is 18.3. The summed E-state index contributed by atoms with van der Waals surface area (Å²) in [6.45, 7) is 1.72. The van der Waals surface area contributed by atoms with Gasteiger partial charge in [0.2, 0.25) is 0 Å². The number of fused-ring (bicyclic) bond motifs is 1. The van der Waals surface area contributed by atoms with E-state index in [2.05, 4.69) is 4.98 Å². The number of esters is 1. The summed E-state index contributed by atoms with van der Waals surface area (Å²) >= 11 is 0. The molecule has 3 aromatic heterocycles. The number of rotatable bonds is 6. The topological polar surface area (TPSA) is 108 Å². The zero-order valence-electron chi connectivity index (χ0n) is 17.4. The molecule has 8 nitrogen and oxygen atoms in total. The van der Waals surface area contributed by atoms with Crippen molar-refractivity contribution < 1.29 is 22.4 Å². The number of hydrogen-bond donors (Lipinski definition) is 0. The highest BCUT2D eigenvalue weighted by atomic mass is 32.2. The fourth-order valence-electron chi connectivity index (χ4n) is 3.35. The molecular formula is C23H20N2O6S. The third-order valence-corrected chi connectivity index (χ3v) is 5.97. The van der Waals surface area contributed by atoms with E-state index >= 15 is 0 Å². The second kappa shape index (κ2) is 8.43. The lowest BCUT2D eigenvalue weighted by Crippen LogP contribution is -2.24. The SMILES string of the molecule is CCOC(=O)Cn1cc(-c2cc3nccc(-c4cccc(S(C)(=O)=O)c4)c3o2)ccc1=O. The average Bonchev–Trinajstić information content (AvgIpc) is 3.19. The minimum Gasteiger partial charge on any atom is -0.465 e. The molecule has 0 radical (unpaired) electrons. The maximum atomic E-state index is 12.1. The molecule has 1 aromatic carbocycles. The van der Waals surface area contributed by atoms with Crippen LogP contribution in [0.5, 0.6) is 0 Å². The summed E-state index contributed by atoms with van der Waals surface area (Å²) in [5.41, 5.74) is 2.67. The number of furan rings is 1. The number of pyridine rings is 2. The van der Waals surface area contributed by atoms with Crippen LogP contribution in [0.2, 0.25) is 0 Å². The van der Waals surface area contributed by atoms with Gasteiger partial charge in [0.15, 0.2) is 15.4 Å². The van der Waals surface area contributed by atoms with Crippen molar-refractivity contribution in [1.29, 1.82) is 0 Å². The maximum absolute atomic E-state index is 12.1. The Morgan fingerprint density at radius 2 is 1.94 bits per heavy atom. The first-order chi connectivity index (χ1) is 15.3. The van der Waals surface area contributed by atoms with Crippen LogP contribution in [0, 0.1) is 0 Å². The van der Waals surface area contributed by atoms with Crippen LogP contribution >= 0.6 is 0 Å². The zero-order chi connectivity index (χ0) is 22.9. The first-order valence-corrected chi connectivity index (χ1v) is 11.7. The number of sulfone groups is 1. The lowest BCUT2D eigenvalue weighted by molar-refractivity contribution is -0.143. The van der Waals surface area contributed by atoms with E-state index in [0.29, 0.717) is 33.6 Å². The summed E-state index contributed by atoms with van der Waals surface area (Å²) in [5, 5.41) is 0. The summed E-state index contributed by atoms with van der Waals surface area (Å²) in [4.78, 5) is 28.5. The smallest absolute Gasteiger partial charge is 0.326 e. The maximum Gasteiger partial charge on any atom is 0.326 e. The Morgan fingerprint density at radius 3 is 2.69 bits per heavy atom. The van der Waals surface area contributed by atoms with Crippen LogP contribution in [-0.4, -0.2) is 36.8 Å². The fourth-order valence-corrected chi connectivity index (χ4v) is 4.02. The number of carbonyl (C=O) groups is 1. The Morgan fingerprint density at radius 1 is 1.12 bits per heavy atom. The van der Waals surface area contributed by atoms with Crippen LogP contribution in [0.1, 0.15) is 6.92 Å². The van der Waals surface area contributed by atoms with Gasteiger partial charge in [-0.1, -0.05) is 12.1 Å². The van der Waals surface area contributed by atoms with E-state index in [1.165, 1.54) is 22.9 Å². The normalized spacial score (nSPS) is 11.6. The number of carbonyl (C=O) groups excluding carboxylic acids is 1. The number of ether oxygens (including phenoxy) is 1. The molecule has 9 heteroatoms. The van der Waals surface area contributed by atoms with Crippen LogP contribution in [0.3, 0.4) is 0 Å². The van der Waals surface area contributed by atoms with E-state index < -0.39 is 15.8 Å². The summed E-state index contributed by atoms with van der Waals surface area (Å²) < 4.78 is 36.1. The van der Waals surface area contributed by atoms with E-state index in [1.54, 1.807) is 49.5 Å². The Labute approximate surface area is 184 Å². The van der Waals surface area contributed by atoms with Gasteiger partial charge in [-0.2, -0.15) is 0 Å². The van der Waals surface area contributed by atoms with Gasteiger partial charge >= 0.3 is 5.97 Å². The van der Waals surface area contributed by atoms with E-state index in [9.17, 15) is 18.0 Å². The number of aromatic nitrogens is 2. The number of hydrogen-bond acceptors (Lipinski definition) is 7. The molecule has 0 atom stereocenters. The second-order valence-electron chi connectivity index (χ2n) is 7.17. The summed E-state index contributed by atoms with van der Waals surface area (Å²) in [6.07, 6.45) is 4.30. The first-order valence-electron chi connectivity index (χ1n) is 9.82. The Hall–Kier alpha value is -3.72. The predicted octanol–water partition coefficient (Wildman–Crippen LogP) is 3.29. The van der Waals surface area contributed by atoms with Crippen LogP contribution in [0.15, 0.2) is 75.0 Å². The monoisotopic (exact) mass is 452 g/mol. The minimum atomic E-state index is -3.36. The molecule has 3 heterocycles. The Kier molecular flexibility index (Phi) is 5.67. The summed E-state index contributed by atoms with van der Waals surface area (Å²) in [5.74, 6) is -0.0529. The molecule has 0 aliphatic carbocycles. The van der Waals surface area contributed by atoms with Gasteiger partial charge in [-0.05, 0) is 36.8 Å². The molecule has 0 spiro atoms. The van der Waals surface area contributed by atoms with Crippen LogP contribution < -0.4 is 5.56 Å². The molecule has 0 saturated carbocycles. The van der Waals surface area contributed by atoms with Crippen molar-refractivity contribution in [2.24, 2.45) is 0 Å². The van der Waals surface area contributed by atoms with Gasteiger partial charge in [0.25, 0.3) is 5.56 Å². The van der Waals surface area contributed by atoms with E-state index in [4.69, 9.17) is 9.15 Å². The minimum absolute atomic E-state index is 0.206. The highest BCUT2D eigenvalue weighted by Crippen LogP contribution is 2.34. The van der Waals surface area contributed by atoms with Crippen LogP contribution in [-0.2, 0) is 25.9 Å². The molecule has 0 aliphatic heterocycles. The molecule has 0 amide bonds. The molecule has 0 saturated heterocycles. The third-order valence-electron chi connectivity index (χ3n) is 4.86. The molecule has 0 N–H and O–H groups in total. The first kappa shape index (κ1) is 21.5. The van der Waals surface area contributed by atoms with Gasteiger partial charge in [-0.25, -0.2) is 8.42 Å². The van der Waals surface area contributed by atoms with Gasteiger partial charge in [-0.15, -0.1) is 0 Å². The fraction of sp³-hybridized carbons (Fsp3) is 0.174. The average molecular weight is 452 g/mol. The van der Waals surface area contributed by atoms with Crippen molar-refractivity contribution in [2.75, 3.05) is 12.9 Å². The summed E-state index contributed by atoms with van der Waals surface area (Å²) in [7, 11) is -3.36.